The molecule has 0 saturated heterocycles. The van der Waals surface area contributed by atoms with Gasteiger partial charge in [0.15, 0.2) is 0 Å². The van der Waals surface area contributed by atoms with Gasteiger partial charge in [0.25, 0.3) is 0 Å². The molecule has 0 saturated carbocycles. The molecule has 0 atom stereocenters. The zero-order valence-electron chi connectivity index (χ0n) is 7.82. The van der Waals surface area contributed by atoms with Gasteiger partial charge >= 0.3 is 0 Å². The number of hydrogen-bond donors (Lipinski definition) is 0. The van der Waals surface area contributed by atoms with Crippen LogP contribution in [0.4, 0.5) is 0 Å². The van der Waals surface area contributed by atoms with Gasteiger partial charge in [0.2, 0.25) is 0 Å². The highest BCUT2D eigenvalue weighted by Crippen LogP contribution is 2.19. The van der Waals surface area contributed by atoms with Crippen LogP contribution in [0.15, 0.2) is 18.2 Å². The predicted octanol–water partition coefficient (Wildman–Crippen LogP) is 4.07. The van der Waals surface area contributed by atoms with E-state index < -0.39 is 0 Å². The lowest BCUT2D eigenvalue weighted by atomic mass is 10.1. The first-order chi connectivity index (χ1) is 6.27. The molecule has 0 aliphatic rings. The standard InChI is InChI=1S/C11H14Cl2/c1-2-9-5-6-10(4-3-7-12)11(13)8-9/h5-6,8H,2-4,7H2,1H3. The van der Waals surface area contributed by atoms with Crippen molar-refractivity contribution in [2.24, 2.45) is 0 Å². The summed E-state index contributed by atoms with van der Waals surface area (Å²) in [6.45, 7) is 2.13. The molecule has 0 heterocycles. The van der Waals surface area contributed by atoms with Crippen molar-refractivity contribution in [3.63, 3.8) is 0 Å². The van der Waals surface area contributed by atoms with Crippen LogP contribution in [0.1, 0.15) is 24.5 Å². The molecule has 0 aliphatic carbocycles. The van der Waals surface area contributed by atoms with Gasteiger partial charge in [-0.3, -0.25) is 0 Å². The minimum Gasteiger partial charge on any atom is -0.127 e. The van der Waals surface area contributed by atoms with Crippen molar-refractivity contribution in [2.75, 3.05) is 5.88 Å². The topological polar surface area (TPSA) is 0 Å². The van der Waals surface area contributed by atoms with Gasteiger partial charge in [-0.2, -0.15) is 0 Å². The Balaban J connectivity index is 2.73. The Kier molecular flexibility index (Phi) is 4.61. The van der Waals surface area contributed by atoms with Crippen LogP contribution < -0.4 is 0 Å². The van der Waals surface area contributed by atoms with E-state index in [4.69, 9.17) is 23.2 Å². The Morgan fingerprint density at radius 3 is 2.62 bits per heavy atom. The van der Waals surface area contributed by atoms with Gasteiger partial charge in [-0.1, -0.05) is 30.7 Å². The molecule has 0 aliphatic heterocycles. The summed E-state index contributed by atoms with van der Waals surface area (Å²) in [5, 5.41) is 0.879. The number of hydrogen-bond acceptors (Lipinski definition) is 0. The molecule has 0 N–H and O–H groups in total. The Hall–Kier alpha value is -0.200. The molecule has 0 fully saturated rings. The monoisotopic (exact) mass is 216 g/mol. The highest BCUT2D eigenvalue weighted by Gasteiger charge is 2.00. The lowest BCUT2D eigenvalue weighted by Crippen LogP contribution is -1.89. The molecule has 0 aromatic heterocycles. The van der Waals surface area contributed by atoms with Crippen LogP contribution in [-0.2, 0) is 12.8 Å². The van der Waals surface area contributed by atoms with Crippen molar-refractivity contribution in [2.45, 2.75) is 26.2 Å². The maximum Gasteiger partial charge on any atom is 0.0440 e. The summed E-state index contributed by atoms with van der Waals surface area (Å²) in [6, 6.07) is 6.29. The Labute approximate surface area is 89.9 Å². The van der Waals surface area contributed by atoms with Crippen LogP contribution in [0.25, 0.3) is 0 Å². The molecule has 13 heavy (non-hydrogen) atoms. The van der Waals surface area contributed by atoms with Crippen molar-refractivity contribution in [3.05, 3.63) is 34.3 Å². The van der Waals surface area contributed by atoms with Crippen LogP contribution in [0.2, 0.25) is 5.02 Å². The van der Waals surface area contributed by atoms with Crippen LogP contribution in [0, 0.1) is 0 Å². The molecule has 0 unspecified atom stereocenters. The summed E-state index contributed by atoms with van der Waals surface area (Å²) < 4.78 is 0. The largest absolute Gasteiger partial charge is 0.127 e. The van der Waals surface area contributed by atoms with E-state index in [0.29, 0.717) is 5.88 Å². The second-order valence-corrected chi connectivity index (χ2v) is 3.86. The molecular formula is C11H14Cl2. The van der Waals surface area contributed by atoms with Crippen LogP contribution >= 0.6 is 23.2 Å². The van der Waals surface area contributed by atoms with Gasteiger partial charge in [0.05, 0.1) is 0 Å². The summed E-state index contributed by atoms with van der Waals surface area (Å²) in [7, 11) is 0. The van der Waals surface area contributed by atoms with Crippen LogP contribution in [-0.4, -0.2) is 5.88 Å². The highest BCUT2D eigenvalue weighted by atomic mass is 35.5. The van der Waals surface area contributed by atoms with E-state index in [1.165, 1.54) is 11.1 Å². The zero-order valence-corrected chi connectivity index (χ0v) is 9.33. The SMILES string of the molecule is CCc1ccc(CCCCl)c(Cl)c1. The second kappa shape index (κ2) is 5.51. The van der Waals surface area contributed by atoms with E-state index in [1.807, 2.05) is 6.07 Å². The molecule has 0 bridgehead atoms. The Morgan fingerprint density at radius 2 is 2.08 bits per heavy atom. The molecule has 0 spiro atoms. The predicted molar refractivity (Wildman–Crippen MR) is 59.9 cm³/mol. The van der Waals surface area contributed by atoms with Crippen molar-refractivity contribution in [3.8, 4) is 0 Å². The number of benzene rings is 1. The summed E-state index contributed by atoms with van der Waals surface area (Å²) in [4.78, 5) is 0. The molecule has 1 rings (SSSR count). The number of rotatable bonds is 4. The first-order valence-corrected chi connectivity index (χ1v) is 5.52. The van der Waals surface area contributed by atoms with E-state index in [-0.39, 0.29) is 0 Å². The zero-order chi connectivity index (χ0) is 9.68. The van der Waals surface area contributed by atoms with E-state index in [0.717, 1.165) is 24.3 Å². The first kappa shape index (κ1) is 10.9. The second-order valence-electron chi connectivity index (χ2n) is 3.07. The fourth-order valence-electron chi connectivity index (χ4n) is 1.27. The molecular weight excluding hydrogens is 203 g/mol. The smallest absolute Gasteiger partial charge is 0.0440 e. The highest BCUT2D eigenvalue weighted by molar-refractivity contribution is 6.31. The Morgan fingerprint density at radius 1 is 1.31 bits per heavy atom. The molecule has 0 nitrogen and oxygen atoms in total. The van der Waals surface area contributed by atoms with Gasteiger partial charge in [0.1, 0.15) is 0 Å². The van der Waals surface area contributed by atoms with E-state index >= 15 is 0 Å². The number of alkyl halides is 1. The molecule has 0 radical (unpaired) electrons. The van der Waals surface area contributed by atoms with Crippen LogP contribution in [0.5, 0.6) is 0 Å². The van der Waals surface area contributed by atoms with Gasteiger partial charge in [-0.05, 0) is 36.5 Å². The summed E-state index contributed by atoms with van der Waals surface area (Å²) in [5.41, 5.74) is 2.50. The van der Waals surface area contributed by atoms with Crippen molar-refractivity contribution in [1.82, 2.24) is 0 Å². The minimum atomic E-state index is 0.700. The van der Waals surface area contributed by atoms with E-state index in [2.05, 4.69) is 19.1 Å². The van der Waals surface area contributed by atoms with Crippen molar-refractivity contribution < 1.29 is 0 Å². The van der Waals surface area contributed by atoms with E-state index in [1.54, 1.807) is 0 Å². The fraction of sp³-hybridized carbons (Fsp3) is 0.455. The van der Waals surface area contributed by atoms with Crippen molar-refractivity contribution >= 4 is 23.2 Å². The normalized spacial score (nSPS) is 10.4. The number of halogens is 2. The lowest BCUT2D eigenvalue weighted by Gasteiger charge is -2.04. The third kappa shape index (κ3) is 3.21. The van der Waals surface area contributed by atoms with Gasteiger partial charge in [-0.25, -0.2) is 0 Å². The quantitative estimate of drug-likeness (QED) is 0.666. The Bertz CT molecular complexity index is 269. The average Bonchev–Trinajstić information content (AvgIpc) is 2.16. The lowest BCUT2D eigenvalue weighted by molar-refractivity contribution is 0.927. The van der Waals surface area contributed by atoms with Gasteiger partial charge in [-0.15, -0.1) is 11.6 Å². The molecule has 72 valence electrons. The van der Waals surface area contributed by atoms with Gasteiger partial charge < -0.3 is 0 Å². The third-order valence-electron chi connectivity index (χ3n) is 2.11. The van der Waals surface area contributed by atoms with E-state index in [9.17, 15) is 0 Å². The molecule has 1 aromatic rings. The molecule has 0 amide bonds. The fourth-order valence-corrected chi connectivity index (χ4v) is 1.70. The third-order valence-corrected chi connectivity index (χ3v) is 2.72. The minimum absolute atomic E-state index is 0.700. The maximum atomic E-state index is 6.10. The van der Waals surface area contributed by atoms with Gasteiger partial charge in [0, 0.05) is 10.9 Å². The maximum absolute atomic E-state index is 6.10. The molecule has 1 aromatic carbocycles. The summed E-state index contributed by atoms with van der Waals surface area (Å²) >= 11 is 11.7. The molecule has 2 heteroatoms. The number of aryl methyl sites for hydroxylation is 2. The van der Waals surface area contributed by atoms with Crippen LogP contribution in [0.3, 0.4) is 0 Å². The summed E-state index contributed by atoms with van der Waals surface area (Å²) in [5.74, 6) is 0.700. The summed E-state index contributed by atoms with van der Waals surface area (Å²) in [6.07, 6.45) is 3.01. The average molecular weight is 217 g/mol. The first-order valence-electron chi connectivity index (χ1n) is 4.61. The van der Waals surface area contributed by atoms with Crippen molar-refractivity contribution in [1.29, 1.82) is 0 Å².